The third kappa shape index (κ3) is 3.56. The molecular weight excluding hydrogens is 351 g/mol. The molecule has 0 spiro atoms. The fraction of sp³-hybridized carbons (Fsp3) is 0.353. The van der Waals surface area contributed by atoms with Gasteiger partial charge in [-0.1, -0.05) is 0 Å². The molecule has 9 heteroatoms. The lowest BCUT2D eigenvalue weighted by Crippen LogP contribution is -2.44. The molecule has 2 aromatic rings. The Bertz CT molecular complexity index is 819. The number of halogens is 3. The molecule has 1 unspecified atom stereocenters. The Hall–Kier alpha value is -2.84. The molecule has 1 aliphatic rings. The average Bonchev–Trinajstić information content (AvgIpc) is 2.66. The molecule has 1 aromatic carbocycles. The van der Waals surface area contributed by atoms with Gasteiger partial charge in [-0.2, -0.15) is 0 Å². The number of hydrogen-bond donors (Lipinski definition) is 0. The number of likely N-dealkylation sites (tertiary alicyclic amines) is 1. The third-order valence-corrected chi connectivity index (χ3v) is 4.04. The maximum Gasteiger partial charge on any atom is 0.278 e. The molecule has 1 atom stereocenters. The van der Waals surface area contributed by atoms with Crippen LogP contribution in [-0.2, 0) is 0 Å². The SMILES string of the molecule is COc1nccnc1OC1CCCN(C(=O)c2ccc(F)c(F)c2F)C1. The molecule has 26 heavy (non-hydrogen) atoms. The maximum atomic E-state index is 13.9. The van der Waals surface area contributed by atoms with Crippen molar-refractivity contribution in [1.29, 1.82) is 0 Å². The lowest BCUT2D eigenvalue weighted by Gasteiger charge is -2.32. The molecule has 2 heterocycles. The van der Waals surface area contributed by atoms with E-state index in [0.717, 1.165) is 12.1 Å². The number of piperidine rings is 1. The van der Waals surface area contributed by atoms with Crippen molar-refractivity contribution < 1.29 is 27.4 Å². The molecule has 0 bridgehead atoms. The van der Waals surface area contributed by atoms with E-state index in [1.807, 2.05) is 0 Å². The molecule has 138 valence electrons. The van der Waals surface area contributed by atoms with Gasteiger partial charge < -0.3 is 14.4 Å². The van der Waals surface area contributed by atoms with Crippen molar-refractivity contribution in [3.8, 4) is 11.8 Å². The van der Waals surface area contributed by atoms with Crippen LogP contribution in [-0.4, -0.2) is 47.1 Å². The van der Waals surface area contributed by atoms with Crippen LogP contribution in [0.25, 0.3) is 0 Å². The molecule has 1 saturated heterocycles. The minimum Gasteiger partial charge on any atom is -0.477 e. The maximum absolute atomic E-state index is 13.9. The van der Waals surface area contributed by atoms with Crippen molar-refractivity contribution in [3.63, 3.8) is 0 Å². The summed E-state index contributed by atoms with van der Waals surface area (Å²) >= 11 is 0. The number of nitrogens with zero attached hydrogens (tertiary/aromatic N) is 3. The number of carbonyl (C=O) groups is 1. The topological polar surface area (TPSA) is 64.6 Å². The van der Waals surface area contributed by atoms with Crippen LogP contribution < -0.4 is 9.47 Å². The molecular formula is C17H16F3N3O3. The number of methoxy groups -OCH3 is 1. The van der Waals surface area contributed by atoms with Gasteiger partial charge in [0.1, 0.15) is 6.10 Å². The highest BCUT2D eigenvalue weighted by Crippen LogP contribution is 2.25. The van der Waals surface area contributed by atoms with Crippen molar-refractivity contribution in [2.75, 3.05) is 20.2 Å². The highest BCUT2D eigenvalue weighted by molar-refractivity contribution is 5.94. The van der Waals surface area contributed by atoms with Crippen molar-refractivity contribution in [2.45, 2.75) is 18.9 Å². The van der Waals surface area contributed by atoms with Crippen LogP contribution in [0.1, 0.15) is 23.2 Å². The van der Waals surface area contributed by atoms with Gasteiger partial charge in [0.2, 0.25) is 0 Å². The zero-order valence-corrected chi connectivity index (χ0v) is 13.9. The van der Waals surface area contributed by atoms with Crippen molar-refractivity contribution in [1.82, 2.24) is 14.9 Å². The molecule has 3 rings (SSSR count). The van der Waals surface area contributed by atoms with Crippen LogP contribution in [0.3, 0.4) is 0 Å². The van der Waals surface area contributed by atoms with E-state index >= 15 is 0 Å². The lowest BCUT2D eigenvalue weighted by molar-refractivity contribution is 0.0514. The molecule has 0 radical (unpaired) electrons. The summed E-state index contributed by atoms with van der Waals surface area (Å²) in [6.45, 7) is 0.506. The van der Waals surface area contributed by atoms with E-state index in [0.29, 0.717) is 19.4 Å². The summed E-state index contributed by atoms with van der Waals surface area (Å²) in [5, 5.41) is 0. The summed E-state index contributed by atoms with van der Waals surface area (Å²) in [6, 6.07) is 1.67. The summed E-state index contributed by atoms with van der Waals surface area (Å²) in [6.07, 6.45) is 3.73. The van der Waals surface area contributed by atoms with Gasteiger partial charge in [-0.25, -0.2) is 23.1 Å². The van der Waals surface area contributed by atoms with E-state index in [2.05, 4.69) is 9.97 Å². The lowest BCUT2D eigenvalue weighted by atomic mass is 10.1. The predicted molar refractivity (Wildman–Crippen MR) is 84.5 cm³/mol. The Labute approximate surface area is 147 Å². The summed E-state index contributed by atoms with van der Waals surface area (Å²) in [5.74, 6) is -4.82. The van der Waals surface area contributed by atoms with Crippen LogP contribution in [0.5, 0.6) is 11.8 Å². The Kier molecular flexibility index (Phi) is 5.24. The van der Waals surface area contributed by atoms with Crippen molar-refractivity contribution in [2.24, 2.45) is 0 Å². The van der Waals surface area contributed by atoms with Crippen LogP contribution in [0.4, 0.5) is 13.2 Å². The number of hydrogen-bond acceptors (Lipinski definition) is 5. The minimum absolute atomic E-state index is 0.150. The van der Waals surface area contributed by atoms with Crippen molar-refractivity contribution in [3.05, 3.63) is 47.5 Å². The third-order valence-electron chi connectivity index (χ3n) is 4.04. The summed E-state index contributed by atoms with van der Waals surface area (Å²) in [7, 11) is 1.43. The fourth-order valence-electron chi connectivity index (χ4n) is 2.77. The van der Waals surface area contributed by atoms with E-state index in [1.165, 1.54) is 24.4 Å². The van der Waals surface area contributed by atoms with Crippen molar-refractivity contribution >= 4 is 5.91 Å². The van der Waals surface area contributed by atoms with E-state index in [9.17, 15) is 18.0 Å². The van der Waals surface area contributed by atoms with Gasteiger partial charge in [0, 0.05) is 18.9 Å². The van der Waals surface area contributed by atoms with Gasteiger partial charge in [0.25, 0.3) is 17.7 Å². The summed E-state index contributed by atoms with van der Waals surface area (Å²) < 4.78 is 51.1. The second-order valence-corrected chi connectivity index (χ2v) is 5.73. The van der Waals surface area contributed by atoms with Gasteiger partial charge in [0.15, 0.2) is 17.5 Å². The van der Waals surface area contributed by atoms with E-state index in [1.54, 1.807) is 0 Å². The number of aromatic nitrogens is 2. The normalized spacial score (nSPS) is 17.1. The monoisotopic (exact) mass is 367 g/mol. The molecule has 1 amide bonds. The van der Waals surface area contributed by atoms with Gasteiger partial charge in [-0.05, 0) is 25.0 Å². The molecule has 0 saturated carbocycles. The summed E-state index contributed by atoms with van der Waals surface area (Å²) in [5.41, 5.74) is -0.512. The quantitative estimate of drug-likeness (QED) is 0.778. The van der Waals surface area contributed by atoms with Gasteiger partial charge in [-0.15, -0.1) is 0 Å². The molecule has 6 nitrogen and oxygen atoms in total. The highest BCUT2D eigenvalue weighted by atomic mass is 19.2. The van der Waals surface area contributed by atoms with Crippen LogP contribution in [0.2, 0.25) is 0 Å². The molecule has 1 aliphatic heterocycles. The second-order valence-electron chi connectivity index (χ2n) is 5.73. The zero-order valence-electron chi connectivity index (χ0n) is 13.9. The molecule has 1 fully saturated rings. The number of benzene rings is 1. The van der Waals surface area contributed by atoms with Gasteiger partial charge in [-0.3, -0.25) is 4.79 Å². The number of amides is 1. The first-order valence-electron chi connectivity index (χ1n) is 7.95. The Morgan fingerprint density at radius 3 is 2.62 bits per heavy atom. The highest BCUT2D eigenvalue weighted by Gasteiger charge is 2.29. The predicted octanol–water partition coefficient (Wildman–Crippen LogP) is 2.59. The molecule has 0 aliphatic carbocycles. The smallest absolute Gasteiger partial charge is 0.278 e. The first-order chi connectivity index (χ1) is 12.5. The zero-order chi connectivity index (χ0) is 18.7. The Balaban J connectivity index is 1.74. The first kappa shape index (κ1) is 18.0. The average molecular weight is 367 g/mol. The largest absolute Gasteiger partial charge is 0.477 e. The van der Waals surface area contributed by atoms with Crippen LogP contribution in [0.15, 0.2) is 24.5 Å². The summed E-state index contributed by atoms with van der Waals surface area (Å²) in [4.78, 5) is 21.9. The second kappa shape index (κ2) is 7.59. The first-order valence-corrected chi connectivity index (χ1v) is 7.95. The van der Waals surface area contributed by atoms with Gasteiger partial charge >= 0.3 is 0 Å². The fourth-order valence-corrected chi connectivity index (χ4v) is 2.77. The van der Waals surface area contributed by atoms with E-state index < -0.39 is 35.0 Å². The Morgan fingerprint density at radius 1 is 1.15 bits per heavy atom. The van der Waals surface area contributed by atoms with Crippen LogP contribution in [0, 0.1) is 17.5 Å². The van der Waals surface area contributed by atoms with E-state index in [4.69, 9.17) is 9.47 Å². The molecule has 0 N–H and O–H groups in total. The number of rotatable bonds is 4. The van der Waals surface area contributed by atoms with Gasteiger partial charge in [0.05, 0.1) is 19.2 Å². The standard InChI is InChI=1S/C17H16F3N3O3/c1-25-15-16(22-7-6-21-15)26-10-3-2-8-23(9-10)17(24)11-4-5-12(18)14(20)13(11)19/h4-7,10H,2-3,8-9H2,1H3. The van der Waals surface area contributed by atoms with E-state index in [-0.39, 0.29) is 18.3 Å². The molecule has 1 aromatic heterocycles. The number of ether oxygens (including phenoxy) is 2. The Morgan fingerprint density at radius 2 is 1.88 bits per heavy atom. The van der Waals surface area contributed by atoms with Crippen LogP contribution >= 0.6 is 0 Å². The minimum atomic E-state index is -1.66. The number of carbonyl (C=O) groups excluding carboxylic acids is 1.